The lowest BCUT2D eigenvalue weighted by atomic mass is 10.2. The smallest absolute Gasteiger partial charge is 0.387 e. The van der Waals surface area contributed by atoms with Crippen LogP contribution in [0.2, 0.25) is 0 Å². The number of nitrogens with one attached hydrogen (secondary N) is 1. The van der Waals surface area contributed by atoms with E-state index in [1.54, 1.807) is 18.7 Å². The molecule has 1 aromatic carbocycles. The number of aromatic nitrogens is 2. The van der Waals surface area contributed by atoms with Crippen molar-refractivity contribution in [1.82, 2.24) is 15.1 Å². The van der Waals surface area contributed by atoms with Crippen molar-refractivity contribution >= 4 is 23.9 Å². The first-order valence-electron chi connectivity index (χ1n) is 8.41. The first kappa shape index (κ1) is 21.7. The SMILES string of the molecule is Cc1nn(C)c(C)c1/C=C/C(=O)OCC(=O)NC(=O)c1ccc(OC(F)F)cc1. The van der Waals surface area contributed by atoms with Gasteiger partial charge in [0, 0.05) is 29.9 Å². The average molecular weight is 407 g/mol. The molecule has 0 atom stereocenters. The number of carbonyl (C=O) groups is 3. The molecule has 0 saturated heterocycles. The van der Waals surface area contributed by atoms with Crippen molar-refractivity contribution < 1.29 is 32.6 Å². The van der Waals surface area contributed by atoms with Crippen molar-refractivity contribution in [3.63, 3.8) is 0 Å². The molecule has 2 amide bonds. The van der Waals surface area contributed by atoms with E-state index >= 15 is 0 Å². The highest BCUT2D eigenvalue weighted by Crippen LogP contribution is 2.15. The lowest BCUT2D eigenvalue weighted by Gasteiger charge is -2.06. The van der Waals surface area contributed by atoms with Gasteiger partial charge in [0.05, 0.1) is 5.69 Å². The molecule has 0 fully saturated rings. The van der Waals surface area contributed by atoms with E-state index in [4.69, 9.17) is 4.74 Å². The van der Waals surface area contributed by atoms with Crippen LogP contribution in [0.25, 0.3) is 6.08 Å². The zero-order valence-corrected chi connectivity index (χ0v) is 15.9. The van der Waals surface area contributed by atoms with Gasteiger partial charge in [-0.3, -0.25) is 19.6 Å². The number of imide groups is 1. The molecule has 29 heavy (non-hydrogen) atoms. The van der Waals surface area contributed by atoms with E-state index in [1.807, 2.05) is 12.2 Å². The van der Waals surface area contributed by atoms with Crippen LogP contribution in [-0.4, -0.2) is 40.8 Å². The highest BCUT2D eigenvalue weighted by atomic mass is 19.3. The van der Waals surface area contributed by atoms with Crippen LogP contribution in [-0.2, 0) is 21.4 Å². The van der Waals surface area contributed by atoms with E-state index in [2.05, 4.69) is 9.84 Å². The molecule has 0 spiro atoms. The lowest BCUT2D eigenvalue weighted by Crippen LogP contribution is -2.34. The number of aryl methyl sites for hydroxylation is 2. The Balaban J connectivity index is 1.83. The quantitative estimate of drug-likeness (QED) is 0.558. The molecule has 2 aromatic rings. The summed E-state index contributed by atoms with van der Waals surface area (Å²) in [4.78, 5) is 35.5. The number of hydrogen-bond acceptors (Lipinski definition) is 6. The second kappa shape index (κ2) is 9.58. The molecule has 2 rings (SSSR count). The van der Waals surface area contributed by atoms with Gasteiger partial charge < -0.3 is 9.47 Å². The molecule has 0 bridgehead atoms. The fourth-order valence-corrected chi connectivity index (χ4v) is 2.39. The number of hydrogen-bond donors (Lipinski definition) is 1. The second-order valence-corrected chi connectivity index (χ2v) is 5.93. The normalized spacial score (nSPS) is 11.0. The van der Waals surface area contributed by atoms with Crippen LogP contribution >= 0.6 is 0 Å². The third-order valence-electron chi connectivity index (χ3n) is 3.89. The van der Waals surface area contributed by atoms with Gasteiger partial charge in [0.15, 0.2) is 6.61 Å². The van der Waals surface area contributed by atoms with Crippen LogP contribution in [0.15, 0.2) is 30.3 Å². The summed E-state index contributed by atoms with van der Waals surface area (Å²) < 4.78 is 34.8. The zero-order valence-electron chi connectivity index (χ0n) is 15.9. The highest BCUT2D eigenvalue weighted by molar-refractivity contribution is 6.05. The van der Waals surface area contributed by atoms with Gasteiger partial charge in [-0.25, -0.2) is 4.79 Å². The van der Waals surface area contributed by atoms with Crippen LogP contribution < -0.4 is 10.1 Å². The largest absolute Gasteiger partial charge is 0.452 e. The Labute approximate surface area is 165 Å². The number of halogens is 2. The van der Waals surface area contributed by atoms with Crippen molar-refractivity contribution in [2.24, 2.45) is 7.05 Å². The summed E-state index contributed by atoms with van der Waals surface area (Å²) in [6.07, 6.45) is 2.69. The molecule has 0 aliphatic carbocycles. The number of carbonyl (C=O) groups excluding carboxylic acids is 3. The summed E-state index contributed by atoms with van der Waals surface area (Å²) in [5.74, 6) is -2.49. The van der Waals surface area contributed by atoms with Gasteiger partial charge in [-0.05, 0) is 44.2 Å². The maximum absolute atomic E-state index is 12.1. The number of amides is 2. The zero-order chi connectivity index (χ0) is 21.6. The Hall–Kier alpha value is -3.56. The first-order valence-corrected chi connectivity index (χ1v) is 8.41. The topological polar surface area (TPSA) is 99.5 Å². The van der Waals surface area contributed by atoms with Crippen molar-refractivity contribution in [3.8, 4) is 5.75 Å². The van der Waals surface area contributed by atoms with E-state index in [0.717, 1.165) is 23.0 Å². The van der Waals surface area contributed by atoms with Crippen LogP contribution in [0.5, 0.6) is 5.75 Å². The molecule has 1 heterocycles. The Morgan fingerprint density at radius 3 is 2.41 bits per heavy atom. The molecular formula is C19H19F2N3O5. The Morgan fingerprint density at radius 2 is 1.86 bits per heavy atom. The summed E-state index contributed by atoms with van der Waals surface area (Å²) >= 11 is 0. The third kappa shape index (κ3) is 6.23. The molecule has 154 valence electrons. The van der Waals surface area contributed by atoms with Gasteiger partial charge in [0.25, 0.3) is 11.8 Å². The van der Waals surface area contributed by atoms with E-state index < -0.39 is 31.0 Å². The van der Waals surface area contributed by atoms with Crippen LogP contribution in [0.1, 0.15) is 27.3 Å². The summed E-state index contributed by atoms with van der Waals surface area (Å²) in [5, 5.41) is 6.24. The minimum Gasteiger partial charge on any atom is -0.452 e. The molecule has 0 saturated carbocycles. The van der Waals surface area contributed by atoms with Crippen molar-refractivity contribution in [2.45, 2.75) is 20.5 Å². The van der Waals surface area contributed by atoms with Crippen molar-refractivity contribution in [1.29, 1.82) is 0 Å². The maximum Gasteiger partial charge on any atom is 0.387 e. The number of esters is 1. The fourth-order valence-electron chi connectivity index (χ4n) is 2.39. The Morgan fingerprint density at radius 1 is 1.21 bits per heavy atom. The summed E-state index contributed by atoms with van der Waals surface area (Å²) in [6.45, 7) is -0.00246. The van der Waals surface area contributed by atoms with Gasteiger partial charge in [-0.1, -0.05) is 0 Å². The fraction of sp³-hybridized carbons (Fsp3) is 0.263. The Bertz CT molecular complexity index is 936. The first-order chi connectivity index (χ1) is 13.7. The van der Waals surface area contributed by atoms with Crippen LogP contribution in [0.4, 0.5) is 8.78 Å². The second-order valence-electron chi connectivity index (χ2n) is 5.93. The number of ether oxygens (including phenoxy) is 2. The molecule has 10 heteroatoms. The molecule has 8 nitrogen and oxygen atoms in total. The minimum absolute atomic E-state index is 0.0497. The van der Waals surface area contributed by atoms with Crippen LogP contribution in [0, 0.1) is 13.8 Å². The van der Waals surface area contributed by atoms with Crippen molar-refractivity contribution in [3.05, 3.63) is 52.9 Å². The van der Waals surface area contributed by atoms with Gasteiger partial charge in [-0.2, -0.15) is 13.9 Å². The van der Waals surface area contributed by atoms with E-state index in [1.165, 1.54) is 30.3 Å². The standard InChI is InChI=1S/C19H19F2N3O5/c1-11-15(12(2)24(3)23-11)8-9-17(26)28-10-16(25)22-18(27)13-4-6-14(7-5-13)29-19(20)21/h4-9,19H,10H2,1-3H3,(H,22,25,27)/b9-8+. The summed E-state index contributed by atoms with van der Waals surface area (Å²) in [5.41, 5.74) is 2.42. The molecule has 1 aromatic heterocycles. The maximum atomic E-state index is 12.1. The van der Waals surface area contributed by atoms with E-state index in [9.17, 15) is 23.2 Å². The molecule has 0 unspecified atom stereocenters. The molecular weight excluding hydrogens is 388 g/mol. The van der Waals surface area contributed by atoms with Gasteiger partial charge in [0.2, 0.25) is 0 Å². The molecule has 0 radical (unpaired) electrons. The van der Waals surface area contributed by atoms with E-state index in [0.29, 0.717) is 0 Å². The number of rotatable bonds is 7. The summed E-state index contributed by atoms with van der Waals surface area (Å²) in [7, 11) is 1.78. The predicted molar refractivity (Wildman–Crippen MR) is 98.2 cm³/mol. The van der Waals surface area contributed by atoms with E-state index in [-0.39, 0.29) is 11.3 Å². The molecule has 0 aliphatic heterocycles. The minimum atomic E-state index is -2.98. The highest BCUT2D eigenvalue weighted by Gasteiger charge is 2.13. The van der Waals surface area contributed by atoms with Gasteiger partial charge >= 0.3 is 12.6 Å². The number of nitrogens with zero attached hydrogens (tertiary/aromatic N) is 2. The van der Waals surface area contributed by atoms with Crippen LogP contribution in [0.3, 0.4) is 0 Å². The Kier molecular flexibility index (Phi) is 7.18. The number of benzene rings is 1. The van der Waals surface area contributed by atoms with Gasteiger partial charge in [0.1, 0.15) is 5.75 Å². The molecule has 1 N–H and O–H groups in total. The van der Waals surface area contributed by atoms with Crippen molar-refractivity contribution in [2.75, 3.05) is 6.61 Å². The lowest BCUT2D eigenvalue weighted by molar-refractivity contribution is -0.143. The summed E-state index contributed by atoms with van der Waals surface area (Å²) in [6, 6.07) is 4.76. The van der Waals surface area contributed by atoms with Gasteiger partial charge in [-0.15, -0.1) is 0 Å². The molecule has 0 aliphatic rings. The predicted octanol–water partition coefficient (Wildman–Crippen LogP) is 2.15. The average Bonchev–Trinajstić information content (AvgIpc) is 2.90. The number of alkyl halides is 2. The third-order valence-corrected chi connectivity index (χ3v) is 3.89. The monoisotopic (exact) mass is 407 g/mol.